The molecule has 0 aliphatic heterocycles. The number of aromatic nitrogens is 2. The molecule has 6 heteroatoms. The van der Waals surface area contributed by atoms with Gasteiger partial charge >= 0.3 is 0 Å². The first-order valence-electron chi connectivity index (χ1n) is 5.99. The van der Waals surface area contributed by atoms with Crippen molar-refractivity contribution in [1.29, 1.82) is 0 Å². The summed E-state index contributed by atoms with van der Waals surface area (Å²) in [5.74, 6) is 1.09. The van der Waals surface area contributed by atoms with Crippen molar-refractivity contribution in [3.05, 3.63) is 35.7 Å². The van der Waals surface area contributed by atoms with E-state index in [2.05, 4.69) is 21.6 Å². The molecule has 0 unspecified atom stereocenters. The minimum absolute atomic E-state index is 0.0376. The van der Waals surface area contributed by atoms with Gasteiger partial charge in [-0.15, -0.1) is 0 Å². The number of anilines is 1. The van der Waals surface area contributed by atoms with Gasteiger partial charge in [0.25, 0.3) is 5.91 Å². The summed E-state index contributed by atoms with van der Waals surface area (Å²) in [6.07, 6.45) is 0.983. The highest BCUT2D eigenvalue weighted by Crippen LogP contribution is 2.13. The second-order valence-electron chi connectivity index (χ2n) is 3.98. The smallest absolute Gasteiger partial charge is 0.264 e. The van der Waals surface area contributed by atoms with Gasteiger partial charge in [0, 0.05) is 11.5 Å². The fourth-order valence-electron chi connectivity index (χ4n) is 1.47. The Bertz CT molecular complexity index is 551. The molecule has 0 atom stereocenters. The van der Waals surface area contributed by atoms with E-state index in [9.17, 15) is 4.79 Å². The van der Waals surface area contributed by atoms with Gasteiger partial charge in [-0.05, 0) is 31.0 Å². The Labute approximate surface area is 115 Å². The molecule has 1 heterocycles. The zero-order chi connectivity index (χ0) is 13.7. The molecule has 0 saturated carbocycles. The van der Waals surface area contributed by atoms with Crippen molar-refractivity contribution in [2.75, 3.05) is 11.9 Å². The van der Waals surface area contributed by atoms with Gasteiger partial charge in [0.2, 0.25) is 5.13 Å². The molecule has 0 bridgehead atoms. The third-order valence-electron chi connectivity index (χ3n) is 2.48. The molecule has 1 amide bonds. The van der Waals surface area contributed by atoms with Crippen LogP contribution in [0.25, 0.3) is 0 Å². The number of hydrogen-bond donors (Lipinski definition) is 1. The first-order chi connectivity index (χ1) is 9.17. The first-order valence-corrected chi connectivity index (χ1v) is 6.76. The van der Waals surface area contributed by atoms with Crippen LogP contribution in [0.1, 0.15) is 18.3 Å². The Balaban J connectivity index is 1.82. The molecule has 0 radical (unpaired) electrons. The van der Waals surface area contributed by atoms with E-state index in [4.69, 9.17) is 4.74 Å². The number of carbonyl (C=O) groups excluding carboxylic acids is 1. The van der Waals surface area contributed by atoms with Crippen LogP contribution >= 0.6 is 11.5 Å². The topological polar surface area (TPSA) is 64.1 Å². The van der Waals surface area contributed by atoms with Crippen molar-refractivity contribution in [3.8, 4) is 5.75 Å². The van der Waals surface area contributed by atoms with Crippen molar-refractivity contribution in [2.45, 2.75) is 20.3 Å². The van der Waals surface area contributed by atoms with E-state index in [1.807, 2.05) is 24.3 Å². The lowest BCUT2D eigenvalue weighted by molar-refractivity contribution is -0.118. The average molecular weight is 277 g/mol. The zero-order valence-corrected chi connectivity index (χ0v) is 11.7. The second kappa shape index (κ2) is 6.29. The first kappa shape index (κ1) is 13.5. The number of nitrogens with zero attached hydrogens (tertiary/aromatic N) is 2. The Morgan fingerprint density at radius 3 is 2.68 bits per heavy atom. The SMILES string of the molecule is CCc1ccc(OCC(=O)Nc2nc(C)ns2)cc1. The maximum absolute atomic E-state index is 11.6. The van der Waals surface area contributed by atoms with E-state index >= 15 is 0 Å². The molecule has 1 N–H and O–H groups in total. The van der Waals surface area contributed by atoms with Crippen molar-refractivity contribution in [1.82, 2.24) is 9.36 Å². The van der Waals surface area contributed by atoms with Crippen molar-refractivity contribution < 1.29 is 9.53 Å². The van der Waals surface area contributed by atoms with Crippen LogP contribution in [-0.4, -0.2) is 21.9 Å². The van der Waals surface area contributed by atoms with Gasteiger partial charge in [0.05, 0.1) is 0 Å². The number of carbonyl (C=O) groups is 1. The molecule has 19 heavy (non-hydrogen) atoms. The standard InChI is InChI=1S/C13H15N3O2S/c1-3-10-4-6-11(7-5-10)18-8-12(17)15-13-14-9(2)16-19-13/h4-7H,3,8H2,1-2H3,(H,14,15,16,17). The average Bonchev–Trinajstić information content (AvgIpc) is 2.82. The molecule has 0 aliphatic rings. The van der Waals surface area contributed by atoms with E-state index in [0.717, 1.165) is 18.0 Å². The summed E-state index contributed by atoms with van der Waals surface area (Å²) < 4.78 is 9.37. The summed E-state index contributed by atoms with van der Waals surface area (Å²) >= 11 is 1.16. The lowest BCUT2D eigenvalue weighted by Gasteiger charge is -2.06. The van der Waals surface area contributed by atoms with Crippen molar-refractivity contribution in [3.63, 3.8) is 0 Å². The molecular formula is C13H15N3O2S. The van der Waals surface area contributed by atoms with E-state index in [1.54, 1.807) is 6.92 Å². The van der Waals surface area contributed by atoms with E-state index in [1.165, 1.54) is 5.56 Å². The maximum Gasteiger partial charge on any atom is 0.264 e. The largest absolute Gasteiger partial charge is 0.484 e. The molecule has 100 valence electrons. The van der Waals surface area contributed by atoms with Crippen LogP contribution < -0.4 is 10.1 Å². The summed E-state index contributed by atoms with van der Waals surface area (Å²) in [7, 11) is 0. The molecule has 0 aliphatic carbocycles. The Morgan fingerprint density at radius 1 is 1.37 bits per heavy atom. The number of benzene rings is 1. The second-order valence-corrected chi connectivity index (χ2v) is 4.73. The monoisotopic (exact) mass is 277 g/mol. The summed E-state index contributed by atoms with van der Waals surface area (Å²) in [5.41, 5.74) is 1.24. The quantitative estimate of drug-likeness (QED) is 0.911. The lowest BCUT2D eigenvalue weighted by atomic mass is 10.2. The van der Waals surface area contributed by atoms with E-state index < -0.39 is 0 Å². The number of aryl methyl sites for hydroxylation is 2. The number of ether oxygens (including phenoxy) is 1. The normalized spacial score (nSPS) is 10.2. The van der Waals surface area contributed by atoms with Gasteiger partial charge in [0.15, 0.2) is 6.61 Å². The number of amides is 1. The van der Waals surface area contributed by atoms with Gasteiger partial charge in [-0.3, -0.25) is 10.1 Å². The number of hydrogen-bond acceptors (Lipinski definition) is 5. The molecule has 2 aromatic rings. The summed E-state index contributed by atoms with van der Waals surface area (Å²) in [4.78, 5) is 15.7. The molecule has 5 nitrogen and oxygen atoms in total. The van der Waals surface area contributed by atoms with Crippen LogP contribution in [0.4, 0.5) is 5.13 Å². The van der Waals surface area contributed by atoms with Gasteiger partial charge in [-0.2, -0.15) is 4.37 Å². The Hall–Kier alpha value is -1.95. The summed E-state index contributed by atoms with van der Waals surface area (Å²) in [6.45, 7) is 3.83. The zero-order valence-electron chi connectivity index (χ0n) is 10.8. The molecule has 1 aromatic heterocycles. The maximum atomic E-state index is 11.6. The van der Waals surface area contributed by atoms with Gasteiger partial charge in [-0.25, -0.2) is 4.98 Å². The van der Waals surface area contributed by atoms with Crippen LogP contribution in [0, 0.1) is 6.92 Å². The predicted molar refractivity (Wildman–Crippen MR) is 74.6 cm³/mol. The fourth-order valence-corrected chi connectivity index (χ4v) is 2.07. The van der Waals surface area contributed by atoms with Crippen LogP contribution in [0.5, 0.6) is 5.75 Å². The van der Waals surface area contributed by atoms with Crippen molar-refractivity contribution in [2.24, 2.45) is 0 Å². The van der Waals surface area contributed by atoms with Gasteiger partial charge in [0.1, 0.15) is 11.6 Å². The van der Waals surface area contributed by atoms with E-state index in [0.29, 0.717) is 16.7 Å². The minimum atomic E-state index is -0.240. The highest BCUT2D eigenvalue weighted by molar-refractivity contribution is 7.09. The van der Waals surface area contributed by atoms with Gasteiger partial charge in [-0.1, -0.05) is 19.1 Å². The third kappa shape index (κ3) is 4.03. The molecular weight excluding hydrogens is 262 g/mol. The number of nitrogens with one attached hydrogen (secondary N) is 1. The van der Waals surface area contributed by atoms with Crippen LogP contribution in [0.15, 0.2) is 24.3 Å². The molecule has 0 fully saturated rings. The van der Waals surface area contributed by atoms with E-state index in [-0.39, 0.29) is 12.5 Å². The van der Waals surface area contributed by atoms with Crippen LogP contribution in [0.3, 0.4) is 0 Å². The molecule has 0 saturated heterocycles. The minimum Gasteiger partial charge on any atom is -0.484 e. The summed E-state index contributed by atoms with van der Waals surface area (Å²) in [6, 6.07) is 7.70. The van der Waals surface area contributed by atoms with Crippen LogP contribution in [0.2, 0.25) is 0 Å². The lowest BCUT2D eigenvalue weighted by Crippen LogP contribution is -2.20. The highest BCUT2D eigenvalue weighted by atomic mass is 32.1. The van der Waals surface area contributed by atoms with Crippen LogP contribution in [-0.2, 0) is 11.2 Å². The molecule has 1 aromatic carbocycles. The Morgan fingerprint density at radius 2 is 2.11 bits per heavy atom. The molecule has 0 spiro atoms. The highest BCUT2D eigenvalue weighted by Gasteiger charge is 2.07. The number of rotatable bonds is 5. The molecule has 2 rings (SSSR count). The summed E-state index contributed by atoms with van der Waals surface area (Å²) in [5, 5.41) is 3.13. The van der Waals surface area contributed by atoms with Crippen molar-refractivity contribution >= 4 is 22.6 Å². The Kier molecular flexibility index (Phi) is 4.46. The van der Waals surface area contributed by atoms with Gasteiger partial charge < -0.3 is 4.74 Å². The predicted octanol–water partition coefficient (Wildman–Crippen LogP) is 2.43. The fraction of sp³-hybridized carbons (Fsp3) is 0.308. The third-order valence-corrected chi connectivity index (χ3v) is 3.20.